The van der Waals surface area contributed by atoms with Gasteiger partial charge in [-0.25, -0.2) is 0 Å². The van der Waals surface area contributed by atoms with E-state index in [0.29, 0.717) is 18.6 Å². The molecule has 0 saturated heterocycles. The third kappa shape index (κ3) is 7.56. The van der Waals surface area contributed by atoms with E-state index in [9.17, 15) is 0 Å². The standard InChI is InChI=1S/C20H33NO2/c1-8-12-23-17-11-10-16(13-18(17)22-9-2)14-21-20(6,7)15-19(3,4)5/h8,10-11,13,21H,1,9,12,14-15H2,2-7H3/p+1. The van der Waals surface area contributed by atoms with Crippen LogP contribution in [0.2, 0.25) is 0 Å². The molecule has 1 aromatic rings. The fourth-order valence-electron chi connectivity index (χ4n) is 3.05. The molecule has 0 atom stereocenters. The minimum atomic E-state index is 0.210. The van der Waals surface area contributed by atoms with Gasteiger partial charge >= 0.3 is 0 Å². The lowest BCUT2D eigenvalue weighted by molar-refractivity contribution is -0.737. The molecule has 23 heavy (non-hydrogen) atoms. The van der Waals surface area contributed by atoms with E-state index in [2.05, 4.69) is 58.6 Å². The molecule has 0 saturated carbocycles. The van der Waals surface area contributed by atoms with Crippen molar-refractivity contribution in [2.75, 3.05) is 13.2 Å². The topological polar surface area (TPSA) is 35.1 Å². The molecule has 1 rings (SSSR count). The molecule has 0 bridgehead atoms. The van der Waals surface area contributed by atoms with Gasteiger partial charge < -0.3 is 14.8 Å². The second kappa shape index (κ2) is 8.39. The Morgan fingerprint density at radius 3 is 2.35 bits per heavy atom. The molecule has 130 valence electrons. The maximum atomic E-state index is 5.71. The molecule has 0 heterocycles. The van der Waals surface area contributed by atoms with Crippen molar-refractivity contribution in [2.24, 2.45) is 5.41 Å². The van der Waals surface area contributed by atoms with Gasteiger partial charge in [-0.05, 0) is 44.4 Å². The van der Waals surface area contributed by atoms with Crippen LogP contribution in [0.25, 0.3) is 0 Å². The molecule has 0 spiro atoms. The number of quaternary nitrogens is 1. The van der Waals surface area contributed by atoms with Gasteiger partial charge in [0.2, 0.25) is 0 Å². The molecule has 0 unspecified atom stereocenters. The average Bonchev–Trinajstić information content (AvgIpc) is 2.42. The van der Waals surface area contributed by atoms with E-state index in [0.717, 1.165) is 18.0 Å². The van der Waals surface area contributed by atoms with Crippen molar-refractivity contribution >= 4 is 0 Å². The zero-order valence-electron chi connectivity index (χ0n) is 15.7. The lowest BCUT2D eigenvalue weighted by Crippen LogP contribution is -2.94. The first-order chi connectivity index (χ1) is 10.7. The van der Waals surface area contributed by atoms with Crippen LogP contribution in [-0.2, 0) is 6.54 Å². The summed E-state index contributed by atoms with van der Waals surface area (Å²) in [5, 5.41) is 2.41. The molecular weight excluding hydrogens is 286 g/mol. The van der Waals surface area contributed by atoms with Crippen LogP contribution >= 0.6 is 0 Å². The van der Waals surface area contributed by atoms with Crippen molar-refractivity contribution in [3.05, 3.63) is 36.4 Å². The number of ether oxygens (including phenoxy) is 2. The summed E-state index contributed by atoms with van der Waals surface area (Å²) in [5.41, 5.74) is 1.79. The van der Waals surface area contributed by atoms with Crippen molar-refractivity contribution < 1.29 is 14.8 Å². The van der Waals surface area contributed by atoms with Crippen molar-refractivity contribution in [2.45, 2.75) is 60.0 Å². The molecule has 0 aliphatic heterocycles. The van der Waals surface area contributed by atoms with Crippen LogP contribution < -0.4 is 14.8 Å². The smallest absolute Gasteiger partial charge is 0.161 e. The van der Waals surface area contributed by atoms with Crippen molar-refractivity contribution in [3.63, 3.8) is 0 Å². The fourth-order valence-corrected chi connectivity index (χ4v) is 3.05. The first kappa shape index (κ1) is 19.6. The third-order valence-electron chi connectivity index (χ3n) is 3.54. The first-order valence-corrected chi connectivity index (χ1v) is 8.50. The van der Waals surface area contributed by atoms with Gasteiger partial charge in [0.25, 0.3) is 0 Å². The normalized spacial score (nSPS) is 12.1. The van der Waals surface area contributed by atoms with E-state index in [1.54, 1.807) is 6.08 Å². The van der Waals surface area contributed by atoms with Crippen LogP contribution in [0.15, 0.2) is 30.9 Å². The van der Waals surface area contributed by atoms with Crippen LogP contribution in [0.4, 0.5) is 0 Å². The van der Waals surface area contributed by atoms with Crippen molar-refractivity contribution in [3.8, 4) is 11.5 Å². The molecule has 0 aromatic heterocycles. The van der Waals surface area contributed by atoms with Crippen molar-refractivity contribution in [1.82, 2.24) is 0 Å². The van der Waals surface area contributed by atoms with E-state index in [1.807, 2.05) is 13.0 Å². The number of nitrogens with two attached hydrogens (primary N) is 1. The Hall–Kier alpha value is -1.48. The van der Waals surface area contributed by atoms with Gasteiger partial charge in [0, 0.05) is 12.0 Å². The van der Waals surface area contributed by atoms with Gasteiger partial charge in [0.15, 0.2) is 11.5 Å². The molecule has 3 heteroatoms. The van der Waals surface area contributed by atoms with Gasteiger partial charge in [0.05, 0.1) is 12.1 Å². The SMILES string of the molecule is C=CCOc1ccc(C[NH2+]C(C)(C)CC(C)(C)C)cc1OCC. The summed E-state index contributed by atoms with van der Waals surface area (Å²) in [5.74, 6) is 1.60. The molecule has 3 nitrogen and oxygen atoms in total. The molecule has 0 fully saturated rings. The fraction of sp³-hybridized carbons (Fsp3) is 0.600. The summed E-state index contributed by atoms with van der Waals surface area (Å²) < 4.78 is 11.4. The monoisotopic (exact) mass is 320 g/mol. The molecule has 0 aliphatic rings. The number of benzene rings is 1. The Labute approximate surface area is 142 Å². The van der Waals surface area contributed by atoms with Gasteiger partial charge in [0.1, 0.15) is 13.2 Å². The Balaban J connectivity index is 2.77. The van der Waals surface area contributed by atoms with E-state index < -0.39 is 0 Å². The zero-order valence-corrected chi connectivity index (χ0v) is 15.7. The van der Waals surface area contributed by atoms with E-state index in [-0.39, 0.29) is 5.54 Å². The Bertz CT molecular complexity index is 501. The molecular formula is C20H34NO2+. The average molecular weight is 320 g/mol. The molecule has 0 aliphatic carbocycles. The second-order valence-corrected chi connectivity index (χ2v) is 7.95. The van der Waals surface area contributed by atoms with E-state index in [1.165, 1.54) is 12.0 Å². The highest BCUT2D eigenvalue weighted by molar-refractivity contribution is 5.42. The molecule has 0 amide bonds. The Morgan fingerprint density at radius 2 is 1.78 bits per heavy atom. The zero-order chi connectivity index (χ0) is 17.5. The van der Waals surface area contributed by atoms with Gasteiger partial charge in [-0.2, -0.15) is 0 Å². The van der Waals surface area contributed by atoms with Crippen LogP contribution in [0.3, 0.4) is 0 Å². The summed E-state index contributed by atoms with van der Waals surface area (Å²) >= 11 is 0. The van der Waals surface area contributed by atoms with Crippen LogP contribution in [0, 0.1) is 5.41 Å². The first-order valence-electron chi connectivity index (χ1n) is 8.50. The van der Waals surface area contributed by atoms with Crippen LogP contribution in [-0.4, -0.2) is 18.8 Å². The largest absolute Gasteiger partial charge is 0.490 e. The summed E-state index contributed by atoms with van der Waals surface area (Å²) in [6, 6.07) is 6.20. The summed E-state index contributed by atoms with van der Waals surface area (Å²) in [6.45, 7) is 19.2. The highest BCUT2D eigenvalue weighted by Crippen LogP contribution is 2.29. The maximum Gasteiger partial charge on any atom is 0.161 e. The summed E-state index contributed by atoms with van der Waals surface area (Å²) in [4.78, 5) is 0. The summed E-state index contributed by atoms with van der Waals surface area (Å²) in [7, 11) is 0. The predicted octanol–water partition coefficient (Wildman–Crippen LogP) is 3.93. The predicted molar refractivity (Wildman–Crippen MR) is 97.1 cm³/mol. The number of hydrogen-bond acceptors (Lipinski definition) is 2. The van der Waals surface area contributed by atoms with E-state index in [4.69, 9.17) is 9.47 Å². The molecule has 1 aromatic carbocycles. The minimum absolute atomic E-state index is 0.210. The number of hydrogen-bond donors (Lipinski definition) is 1. The van der Waals surface area contributed by atoms with Gasteiger partial charge in [-0.1, -0.05) is 33.4 Å². The van der Waals surface area contributed by atoms with E-state index >= 15 is 0 Å². The second-order valence-electron chi connectivity index (χ2n) is 7.95. The maximum absolute atomic E-state index is 5.71. The number of rotatable bonds is 9. The van der Waals surface area contributed by atoms with Crippen molar-refractivity contribution in [1.29, 1.82) is 0 Å². The minimum Gasteiger partial charge on any atom is -0.490 e. The Morgan fingerprint density at radius 1 is 1.09 bits per heavy atom. The van der Waals surface area contributed by atoms with Gasteiger partial charge in [-0.3, -0.25) is 0 Å². The molecule has 0 radical (unpaired) electrons. The third-order valence-corrected chi connectivity index (χ3v) is 3.54. The van der Waals surface area contributed by atoms with Crippen LogP contribution in [0.5, 0.6) is 11.5 Å². The Kier molecular flexibility index (Phi) is 7.14. The lowest BCUT2D eigenvalue weighted by Gasteiger charge is -2.30. The van der Waals surface area contributed by atoms with Crippen LogP contribution in [0.1, 0.15) is 53.5 Å². The highest BCUT2D eigenvalue weighted by atomic mass is 16.5. The highest BCUT2D eigenvalue weighted by Gasteiger charge is 2.28. The lowest BCUT2D eigenvalue weighted by atomic mass is 9.82. The summed E-state index contributed by atoms with van der Waals surface area (Å²) in [6.07, 6.45) is 2.91. The van der Waals surface area contributed by atoms with Gasteiger partial charge in [-0.15, -0.1) is 0 Å². The quantitative estimate of drug-likeness (QED) is 0.700. The molecule has 2 N–H and O–H groups in total.